The van der Waals surface area contributed by atoms with Crippen molar-refractivity contribution < 1.29 is 24.2 Å². The van der Waals surface area contributed by atoms with Gasteiger partial charge in [0.05, 0.1) is 12.5 Å². The zero-order chi connectivity index (χ0) is 14.6. The molecule has 0 aromatic heterocycles. The van der Waals surface area contributed by atoms with Gasteiger partial charge in [-0.15, -0.1) is 0 Å². The van der Waals surface area contributed by atoms with E-state index in [0.717, 1.165) is 0 Å². The van der Waals surface area contributed by atoms with Crippen LogP contribution >= 0.6 is 0 Å². The van der Waals surface area contributed by atoms with Gasteiger partial charge >= 0.3 is 11.9 Å². The van der Waals surface area contributed by atoms with Gasteiger partial charge in [0.25, 0.3) is 0 Å². The highest BCUT2D eigenvalue weighted by Gasteiger charge is 2.28. The molecule has 0 radical (unpaired) electrons. The standard InChI is InChI=1S/C13H17NO5/c1-13(2,12(16)17)7-19-10-5-4-8(14)6-9(10)11(15)18-3/h4-6H,7,14H2,1-3H3,(H,16,17). The molecule has 1 aromatic carbocycles. The number of esters is 1. The van der Waals surface area contributed by atoms with Crippen molar-refractivity contribution in [3.8, 4) is 5.75 Å². The van der Waals surface area contributed by atoms with Gasteiger partial charge in [0.1, 0.15) is 17.9 Å². The number of rotatable bonds is 5. The van der Waals surface area contributed by atoms with Gasteiger partial charge in [0, 0.05) is 5.69 Å². The zero-order valence-corrected chi connectivity index (χ0v) is 11.1. The fraction of sp³-hybridized carbons (Fsp3) is 0.385. The maximum atomic E-state index is 11.6. The molecule has 0 atom stereocenters. The molecule has 0 fully saturated rings. The van der Waals surface area contributed by atoms with Gasteiger partial charge in [-0.25, -0.2) is 4.79 Å². The second-order valence-corrected chi connectivity index (χ2v) is 4.72. The summed E-state index contributed by atoms with van der Waals surface area (Å²) in [6.45, 7) is 2.99. The van der Waals surface area contributed by atoms with Gasteiger partial charge in [0.15, 0.2) is 0 Å². The minimum atomic E-state index is -1.06. The number of aliphatic carboxylic acids is 1. The van der Waals surface area contributed by atoms with Crippen LogP contribution in [-0.2, 0) is 9.53 Å². The van der Waals surface area contributed by atoms with E-state index in [4.69, 9.17) is 15.6 Å². The molecule has 0 aliphatic heterocycles. The Balaban J connectivity index is 2.95. The molecule has 0 aliphatic carbocycles. The van der Waals surface area contributed by atoms with Crippen LogP contribution in [0.2, 0.25) is 0 Å². The molecule has 0 heterocycles. The van der Waals surface area contributed by atoms with E-state index in [0.29, 0.717) is 5.69 Å². The number of ether oxygens (including phenoxy) is 2. The summed E-state index contributed by atoms with van der Waals surface area (Å²) in [6.07, 6.45) is 0. The number of hydrogen-bond donors (Lipinski definition) is 2. The molecule has 0 bridgehead atoms. The third kappa shape index (κ3) is 3.61. The Kier molecular flexibility index (Phi) is 4.37. The molecule has 1 aromatic rings. The summed E-state index contributed by atoms with van der Waals surface area (Å²) in [4.78, 5) is 22.6. The molecule has 104 valence electrons. The van der Waals surface area contributed by atoms with E-state index >= 15 is 0 Å². The number of carboxylic acids is 1. The Morgan fingerprint density at radius 1 is 1.37 bits per heavy atom. The lowest BCUT2D eigenvalue weighted by Gasteiger charge is -2.20. The predicted molar refractivity (Wildman–Crippen MR) is 69.1 cm³/mol. The second kappa shape index (κ2) is 5.60. The Morgan fingerprint density at radius 3 is 2.53 bits per heavy atom. The van der Waals surface area contributed by atoms with E-state index in [1.165, 1.54) is 33.1 Å². The van der Waals surface area contributed by atoms with Crippen molar-refractivity contribution in [1.29, 1.82) is 0 Å². The third-order valence-corrected chi connectivity index (χ3v) is 2.58. The molecular formula is C13H17NO5. The van der Waals surface area contributed by atoms with Crippen LogP contribution in [0.4, 0.5) is 5.69 Å². The number of hydrogen-bond acceptors (Lipinski definition) is 5. The van der Waals surface area contributed by atoms with Crippen LogP contribution in [0, 0.1) is 5.41 Å². The van der Waals surface area contributed by atoms with E-state index < -0.39 is 17.4 Å². The van der Waals surface area contributed by atoms with Crippen molar-refractivity contribution in [2.45, 2.75) is 13.8 Å². The van der Waals surface area contributed by atoms with Crippen LogP contribution in [-0.4, -0.2) is 30.8 Å². The minimum Gasteiger partial charge on any atom is -0.492 e. The number of nitrogens with two attached hydrogens (primary N) is 1. The summed E-state index contributed by atoms with van der Waals surface area (Å²) >= 11 is 0. The topological polar surface area (TPSA) is 98.9 Å². The van der Waals surface area contributed by atoms with Gasteiger partial charge in [-0.3, -0.25) is 4.79 Å². The van der Waals surface area contributed by atoms with Crippen molar-refractivity contribution in [3.63, 3.8) is 0 Å². The maximum Gasteiger partial charge on any atom is 0.341 e. The van der Waals surface area contributed by atoms with Crippen LogP contribution < -0.4 is 10.5 Å². The summed E-state index contributed by atoms with van der Waals surface area (Å²) in [6, 6.07) is 4.50. The van der Waals surface area contributed by atoms with Crippen molar-refractivity contribution in [2.24, 2.45) is 5.41 Å². The molecule has 19 heavy (non-hydrogen) atoms. The normalized spacial score (nSPS) is 10.9. The average Bonchev–Trinajstić information content (AvgIpc) is 2.36. The summed E-state index contributed by atoms with van der Waals surface area (Å²) in [5.74, 6) is -1.33. The summed E-state index contributed by atoms with van der Waals surface area (Å²) in [7, 11) is 1.25. The molecule has 0 unspecified atom stereocenters. The highest BCUT2D eigenvalue weighted by molar-refractivity contribution is 5.93. The zero-order valence-electron chi connectivity index (χ0n) is 11.1. The van der Waals surface area contributed by atoms with Gasteiger partial charge < -0.3 is 20.3 Å². The van der Waals surface area contributed by atoms with Gasteiger partial charge in [-0.2, -0.15) is 0 Å². The Morgan fingerprint density at radius 2 is 2.00 bits per heavy atom. The maximum absolute atomic E-state index is 11.6. The molecule has 0 spiro atoms. The molecule has 0 amide bonds. The van der Waals surface area contributed by atoms with E-state index in [1.54, 1.807) is 6.07 Å². The van der Waals surface area contributed by atoms with Crippen LogP contribution in [0.25, 0.3) is 0 Å². The summed E-state index contributed by atoms with van der Waals surface area (Å²) in [5.41, 5.74) is 5.10. The molecule has 6 heteroatoms. The molecule has 0 saturated heterocycles. The van der Waals surface area contributed by atoms with Crippen molar-refractivity contribution in [3.05, 3.63) is 23.8 Å². The van der Waals surface area contributed by atoms with Gasteiger partial charge in [0.2, 0.25) is 0 Å². The van der Waals surface area contributed by atoms with E-state index in [2.05, 4.69) is 4.74 Å². The van der Waals surface area contributed by atoms with E-state index in [9.17, 15) is 9.59 Å². The first-order chi connectivity index (χ1) is 8.77. The largest absolute Gasteiger partial charge is 0.492 e. The first-order valence-electron chi connectivity index (χ1n) is 5.62. The summed E-state index contributed by atoms with van der Waals surface area (Å²) in [5, 5.41) is 9.00. The Bertz CT molecular complexity index is 496. The van der Waals surface area contributed by atoms with Gasteiger partial charge in [-0.1, -0.05) is 0 Å². The number of carboxylic acid groups (broad SMARTS) is 1. The van der Waals surface area contributed by atoms with Gasteiger partial charge in [-0.05, 0) is 32.0 Å². The first kappa shape index (κ1) is 14.8. The smallest absolute Gasteiger partial charge is 0.341 e. The number of benzene rings is 1. The quantitative estimate of drug-likeness (QED) is 0.620. The van der Waals surface area contributed by atoms with Crippen molar-refractivity contribution in [1.82, 2.24) is 0 Å². The summed E-state index contributed by atoms with van der Waals surface area (Å²) < 4.78 is 10.0. The molecule has 1 rings (SSSR count). The fourth-order valence-corrected chi connectivity index (χ4v) is 1.26. The Labute approximate surface area is 111 Å². The van der Waals surface area contributed by atoms with Crippen LogP contribution in [0.15, 0.2) is 18.2 Å². The van der Waals surface area contributed by atoms with Crippen molar-refractivity contribution >= 4 is 17.6 Å². The third-order valence-electron chi connectivity index (χ3n) is 2.58. The number of anilines is 1. The number of carbonyl (C=O) groups is 2. The minimum absolute atomic E-state index is 0.0732. The lowest BCUT2D eigenvalue weighted by atomic mass is 9.95. The number of nitrogen functional groups attached to an aromatic ring is 1. The second-order valence-electron chi connectivity index (χ2n) is 4.72. The SMILES string of the molecule is COC(=O)c1cc(N)ccc1OCC(C)(C)C(=O)O. The lowest BCUT2D eigenvalue weighted by Crippen LogP contribution is -2.31. The predicted octanol–water partition coefficient (Wildman–Crippen LogP) is 1.55. The van der Waals surface area contributed by atoms with Crippen LogP contribution in [0.1, 0.15) is 24.2 Å². The van der Waals surface area contributed by atoms with E-state index in [1.807, 2.05) is 0 Å². The molecule has 0 aliphatic rings. The first-order valence-corrected chi connectivity index (χ1v) is 5.62. The van der Waals surface area contributed by atoms with E-state index in [-0.39, 0.29) is 17.9 Å². The Hall–Kier alpha value is -2.24. The van der Waals surface area contributed by atoms with Crippen LogP contribution in [0.5, 0.6) is 5.75 Å². The highest BCUT2D eigenvalue weighted by atomic mass is 16.5. The highest BCUT2D eigenvalue weighted by Crippen LogP contribution is 2.25. The molecule has 3 N–H and O–H groups in total. The number of carbonyl (C=O) groups excluding carboxylic acids is 1. The van der Waals surface area contributed by atoms with Crippen molar-refractivity contribution in [2.75, 3.05) is 19.5 Å². The lowest BCUT2D eigenvalue weighted by molar-refractivity contribution is -0.148. The van der Waals surface area contributed by atoms with Crippen LogP contribution in [0.3, 0.4) is 0 Å². The molecule has 6 nitrogen and oxygen atoms in total. The average molecular weight is 267 g/mol. The molecular weight excluding hydrogens is 250 g/mol. The fourth-order valence-electron chi connectivity index (χ4n) is 1.26. The monoisotopic (exact) mass is 267 g/mol. The number of methoxy groups -OCH3 is 1. The molecule has 0 saturated carbocycles.